The Labute approximate surface area is 261 Å². The average molecular weight is 624 g/mol. The summed E-state index contributed by atoms with van der Waals surface area (Å²) in [4.78, 5) is 67.2. The van der Waals surface area contributed by atoms with Crippen LogP contribution in [0.15, 0.2) is 29.1 Å². The van der Waals surface area contributed by atoms with Crippen molar-refractivity contribution in [2.75, 3.05) is 7.11 Å². The second-order valence-corrected chi connectivity index (χ2v) is 10.7. The molecular weight excluding hydrogens is 582 g/mol. The highest BCUT2D eigenvalue weighted by Crippen LogP contribution is 2.39. The number of hydrogen-bond acceptors (Lipinski definition) is 10. The number of aldehydes is 1. The van der Waals surface area contributed by atoms with Crippen LogP contribution >= 0.6 is 0 Å². The van der Waals surface area contributed by atoms with Crippen molar-refractivity contribution in [3.63, 3.8) is 0 Å². The van der Waals surface area contributed by atoms with E-state index in [2.05, 4.69) is 5.32 Å². The molecule has 2 aliphatic heterocycles. The van der Waals surface area contributed by atoms with Crippen LogP contribution in [0.25, 0.3) is 22.3 Å². The summed E-state index contributed by atoms with van der Waals surface area (Å²) in [6.45, 7) is 9.85. The second kappa shape index (κ2) is 15.4. The lowest BCUT2D eigenvalue weighted by atomic mass is 9.97. The van der Waals surface area contributed by atoms with Gasteiger partial charge in [0.05, 0.1) is 41.5 Å². The summed E-state index contributed by atoms with van der Waals surface area (Å²) < 4.78 is 12.2. The van der Waals surface area contributed by atoms with Gasteiger partial charge < -0.3 is 34.4 Å². The number of aromatic hydroxyl groups is 1. The number of phenols is 1. The van der Waals surface area contributed by atoms with Gasteiger partial charge in [0.15, 0.2) is 0 Å². The molecule has 1 amide bonds. The van der Waals surface area contributed by atoms with Crippen LogP contribution in [0.3, 0.4) is 0 Å². The fraction of sp³-hybridized carbons (Fsp3) is 0.455. The number of carbonyl (C=O) groups is 4. The van der Waals surface area contributed by atoms with Gasteiger partial charge in [0, 0.05) is 30.0 Å². The molecule has 2 atom stereocenters. The van der Waals surface area contributed by atoms with E-state index in [0.717, 1.165) is 23.6 Å². The van der Waals surface area contributed by atoms with Gasteiger partial charge >= 0.3 is 11.9 Å². The number of rotatable bonds is 9. The molecule has 0 spiro atoms. The molecule has 0 aliphatic carbocycles. The lowest BCUT2D eigenvalue weighted by molar-refractivity contribution is -0.171. The number of amides is 1. The van der Waals surface area contributed by atoms with Gasteiger partial charge in [-0.25, -0.2) is 9.78 Å². The predicted octanol–water partition coefficient (Wildman–Crippen LogP) is 3.48. The molecule has 0 saturated carbocycles. The summed E-state index contributed by atoms with van der Waals surface area (Å²) in [7, 11) is 1.00. The molecule has 5 rings (SSSR count). The summed E-state index contributed by atoms with van der Waals surface area (Å²) in [5.41, 5.74) is 3.61. The number of cyclic esters (lactones) is 1. The summed E-state index contributed by atoms with van der Waals surface area (Å²) in [6, 6.07) is 5.91. The first kappa shape index (κ1) is 34.9. The third-order valence-electron chi connectivity index (χ3n) is 7.43. The van der Waals surface area contributed by atoms with E-state index >= 15 is 0 Å². The van der Waals surface area contributed by atoms with Crippen molar-refractivity contribution in [1.82, 2.24) is 14.9 Å². The minimum absolute atomic E-state index is 0.119. The molecule has 0 bridgehead atoms. The lowest BCUT2D eigenvalue weighted by Crippen LogP contribution is -2.37. The quantitative estimate of drug-likeness (QED) is 0.185. The zero-order valence-corrected chi connectivity index (χ0v) is 26.5. The summed E-state index contributed by atoms with van der Waals surface area (Å²) in [5, 5.41) is 20.4. The van der Waals surface area contributed by atoms with Crippen molar-refractivity contribution >= 4 is 35.0 Å². The molecule has 1 aromatic carbocycles. The highest BCUT2D eigenvalue weighted by Gasteiger charge is 2.38. The first-order valence-electron chi connectivity index (χ1n) is 15.1. The fourth-order valence-corrected chi connectivity index (χ4v) is 5.54. The van der Waals surface area contributed by atoms with Gasteiger partial charge in [-0.15, -0.1) is 0 Å². The number of phenolic OH excluding ortho intramolecular Hbond substituents is 1. The number of nitrogens with one attached hydrogen (secondary N) is 1. The number of hydrogen-bond donors (Lipinski definition) is 3. The molecule has 4 heterocycles. The number of nitrogens with zero attached hydrogens (tertiary/aromatic N) is 2. The van der Waals surface area contributed by atoms with E-state index in [0.29, 0.717) is 36.0 Å². The zero-order valence-electron chi connectivity index (χ0n) is 26.5. The monoisotopic (exact) mass is 623 g/mol. The van der Waals surface area contributed by atoms with Crippen molar-refractivity contribution < 1.29 is 38.9 Å². The molecule has 242 valence electrons. The molecule has 0 saturated heterocycles. The fourth-order valence-electron chi connectivity index (χ4n) is 5.54. The molecule has 2 aromatic heterocycles. The van der Waals surface area contributed by atoms with Crippen LogP contribution in [0, 0.1) is 5.92 Å². The Morgan fingerprint density at radius 2 is 1.87 bits per heavy atom. The van der Waals surface area contributed by atoms with Crippen LogP contribution in [0.5, 0.6) is 5.75 Å². The number of aromatic nitrogens is 2. The van der Waals surface area contributed by atoms with E-state index in [9.17, 15) is 29.1 Å². The third-order valence-corrected chi connectivity index (χ3v) is 7.43. The molecule has 3 N–H and O–H groups in total. The molecule has 2 unspecified atom stereocenters. The van der Waals surface area contributed by atoms with Gasteiger partial charge in [0.1, 0.15) is 18.6 Å². The van der Waals surface area contributed by atoms with Crippen molar-refractivity contribution in [3.8, 4) is 17.1 Å². The summed E-state index contributed by atoms with van der Waals surface area (Å²) in [6.07, 6.45) is -0.254. The van der Waals surface area contributed by atoms with Crippen molar-refractivity contribution in [2.24, 2.45) is 5.92 Å². The zero-order chi connectivity index (χ0) is 33.4. The Morgan fingerprint density at radius 3 is 2.51 bits per heavy atom. The highest BCUT2D eigenvalue weighted by atomic mass is 16.6. The maximum Gasteiger partial charge on any atom is 0.352 e. The summed E-state index contributed by atoms with van der Waals surface area (Å²) in [5.74, 6) is -1.81. The van der Waals surface area contributed by atoms with Crippen LogP contribution in [-0.2, 0) is 48.2 Å². The van der Waals surface area contributed by atoms with Crippen molar-refractivity contribution in [2.45, 2.75) is 85.6 Å². The molecule has 3 aromatic rings. The maximum absolute atomic E-state index is 13.6. The molecule has 0 radical (unpaired) electrons. The largest absolute Gasteiger partial charge is 0.508 e. The van der Waals surface area contributed by atoms with E-state index in [4.69, 9.17) is 19.6 Å². The van der Waals surface area contributed by atoms with Gasteiger partial charge in [-0.1, -0.05) is 34.6 Å². The number of aliphatic hydroxyl groups is 1. The van der Waals surface area contributed by atoms with E-state index in [1.54, 1.807) is 28.8 Å². The van der Waals surface area contributed by atoms with E-state index in [1.165, 1.54) is 0 Å². The highest BCUT2D eigenvalue weighted by molar-refractivity contribution is 5.90. The smallest absolute Gasteiger partial charge is 0.352 e. The Morgan fingerprint density at radius 1 is 1.16 bits per heavy atom. The van der Waals surface area contributed by atoms with Crippen LogP contribution in [0.1, 0.15) is 82.2 Å². The maximum atomic E-state index is 13.6. The first-order valence-corrected chi connectivity index (χ1v) is 15.1. The predicted molar refractivity (Wildman–Crippen MR) is 166 cm³/mol. The van der Waals surface area contributed by atoms with Crippen molar-refractivity contribution in [1.29, 1.82) is 0 Å². The average Bonchev–Trinajstić information content (AvgIpc) is 3.40. The molecule has 12 nitrogen and oxygen atoms in total. The minimum atomic E-state index is -1.47. The second-order valence-electron chi connectivity index (χ2n) is 10.7. The van der Waals surface area contributed by atoms with Gasteiger partial charge in [-0.2, -0.15) is 0 Å². The van der Waals surface area contributed by atoms with E-state index < -0.39 is 30.0 Å². The Bertz CT molecular complexity index is 1640. The SMILES string of the molecule is CC.CCc1c2c(nc3ccc(O)cc13)-c1cc3c(c(=O)n1C2)COC(=O)C3OC(=O)CCC(=O)NC(C=O)CC(C)C.CO. The van der Waals surface area contributed by atoms with Crippen molar-refractivity contribution in [3.05, 3.63) is 56.9 Å². The summed E-state index contributed by atoms with van der Waals surface area (Å²) >= 11 is 0. The van der Waals surface area contributed by atoms with Crippen LogP contribution in [0.4, 0.5) is 0 Å². The number of aryl methyl sites for hydroxylation is 1. The molecule has 0 fully saturated rings. The van der Waals surface area contributed by atoms with E-state index in [1.807, 2.05) is 34.6 Å². The molecular formula is C33H41N3O9. The Hall–Kier alpha value is -4.58. The first-order chi connectivity index (χ1) is 21.6. The number of aliphatic hydroxyl groups excluding tert-OH is 1. The Kier molecular flexibility index (Phi) is 12.0. The Balaban J connectivity index is 0.00000133. The van der Waals surface area contributed by atoms with Gasteiger partial charge in [0.2, 0.25) is 12.0 Å². The molecule has 45 heavy (non-hydrogen) atoms. The third kappa shape index (κ3) is 7.39. The number of esters is 2. The topological polar surface area (TPSA) is 174 Å². The van der Waals surface area contributed by atoms with Crippen LogP contribution in [-0.4, -0.2) is 57.0 Å². The minimum Gasteiger partial charge on any atom is -0.508 e. The molecule has 12 heteroatoms. The van der Waals surface area contributed by atoms with Crippen LogP contribution in [0.2, 0.25) is 0 Å². The normalized spacial score (nSPS) is 14.8. The number of pyridine rings is 2. The number of benzene rings is 1. The van der Waals surface area contributed by atoms with Crippen LogP contribution < -0.4 is 10.9 Å². The van der Waals surface area contributed by atoms with Gasteiger partial charge in [-0.3, -0.25) is 14.4 Å². The van der Waals surface area contributed by atoms with Gasteiger partial charge in [-0.05, 0) is 48.6 Å². The standard InChI is InChI=1S/C30H31N3O8.C2H6.CH4O/c1-4-18-19-10-17(35)5-6-23(19)32-27-21(18)12-33-24(27)11-20-22(29(33)38)14-40-30(39)28(20)41-26(37)8-7-25(36)31-16(13-34)9-15(2)3;2*1-2/h5-6,10-11,13,15-16,28,35H,4,7-9,12,14H2,1-3H3,(H,31,36);1-2H3;2H,1H3. The van der Waals surface area contributed by atoms with Gasteiger partial charge in [0.25, 0.3) is 5.56 Å². The lowest BCUT2D eigenvalue weighted by Gasteiger charge is -2.25. The van der Waals surface area contributed by atoms with E-state index in [-0.39, 0.29) is 54.3 Å². The number of carbonyl (C=O) groups excluding carboxylic acids is 4. The molecule has 2 aliphatic rings. The number of ether oxygens (including phenoxy) is 2. The number of fused-ring (bicyclic) bond motifs is 5.